The first-order chi connectivity index (χ1) is 10.5. The lowest BCUT2D eigenvalue weighted by Gasteiger charge is -2.10. The maximum absolute atomic E-state index is 10.9. The van der Waals surface area contributed by atoms with Gasteiger partial charge in [-0.1, -0.05) is 29.8 Å². The van der Waals surface area contributed by atoms with E-state index in [1.165, 1.54) is 18.2 Å². The van der Waals surface area contributed by atoms with Crippen LogP contribution in [0, 0.1) is 0 Å². The van der Waals surface area contributed by atoms with Crippen molar-refractivity contribution in [2.45, 2.75) is 6.92 Å². The quantitative estimate of drug-likeness (QED) is 0.679. The molecule has 0 aliphatic rings. The number of carbonyl (C=O) groups is 1. The Kier molecular flexibility index (Phi) is 5.01. The monoisotopic (exact) mass is 317 g/mol. The number of carboxylic acids is 1. The van der Waals surface area contributed by atoms with E-state index in [1.54, 1.807) is 14.0 Å². The van der Waals surface area contributed by atoms with Crippen molar-refractivity contribution < 1.29 is 14.6 Å². The first-order valence-electron chi connectivity index (χ1n) is 6.47. The fourth-order valence-electron chi connectivity index (χ4n) is 1.89. The molecule has 0 spiro atoms. The molecule has 0 unspecified atom stereocenters. The lowest BCUT2D eigenvalue weighted by molar-refractivity contribution is -0.255. The Labute approximate surface area is 133 Å². The normalized spacial score (nSPS) is 11.1. The molecular weight excluding hydrogens is 304 g/mol. The van der Waals surface area contributed by atoms with Crippen molar-refractivity contribution in [2.75, 3.05) is 12.5 Å². The van der Waals surface area contributed by atoms with E-state index in [4.69, 9.17) is 16.3 Å². The molecule has 0 amide bonds. The second kappa shape index (κ2) is 6.95. The molecule has 2 rings (SSSR count). The van der Waals surface area contributed by atoms with Gasteiger partial charge in [0.1, 0.15) is 5.75 Å². The van der Waals surface area contributed by atoms with Gasteiger partial charge in [-0.25, -0.2) is 0 Å². The zero-order valence-corrected chi connectivity index (χ0v) is 12.8. The average molecular weight is 318 g/mol. The van der Waals surface area contributed by atoms with Gasteiger partial charge in [-0.2, -0.15) is 5.10 Å². The highest BCUT2D eigenvalue weighted by molar-refractivity contribution is 6.33. The molecular formula is C16H14ClN2O3-. The van der Waals surface area contributed by atoms with Gasteiger partial charge in [0.25, 0.3) is 0 Å². The smallest absolute Gasteiger partial charge is 0.127 e. The van der Waals surface area contributed by atoms with Crippen molar-refractivity contribution in [3.8, 4) is 5.75 Å². The van der Waals surface area contributed by atoms with Crippen LogP contribution in [0.15, 0.2) is 47.6 Å². The van der Waals surface area contributed by atoms with Crippen LogP contribution in [-0.4, -0.2) is 18.8 Å². The molecule has 1 N–H and O–H groups in total. The summed E-state index contributed by atoms with van der Waals surface area (Å²) in [6.07, 6.45) is 0. The number of nitrogens with zero attached hydrogens (tertiary/aromatic N) is 1. The van der Waals surface area contributed by atoms with E-state index >= 15 is 0 Å². The topological polar surface area (TPSA) is 73.8 Å². The van der Waals surface area contributed by atoms with Gasteiger partial charge in [0.05, 0.1) is 29.5 Å². The number of carbonyl (C=O) groups excluding carboxylic acids is 1. The van der Waals surface area contributed by atoms with E-state index in [0.29, 0.717) is 22.2 Å². The number of methoxy groups -OCH3 is 1. The summed E-state index contributed by atoms with van der Waals surface area (Å²) in [7, 11) is 1.58. The highest BCUT2D eigenvalue weighted by atomic mass is 35.5. The molecule has 0 aromatic heterocycles. The van der Waals surface area contributed by atoms with Gasteiger partial charge in [-0.3, -0.25) is 5.43 Å². The molecule has 6 heteroatoms. The second-order valence-electron chi connectivity index (χ2n) is 4.49. The molecule has 0 saturated heterocycles. The van der Waals surface area contributed by atoms with Crippen molar-refractivity contribution in [3.63, 3.8) is 0 Å². The van der Waals surface area contributed by atoms with Gasteiger partial charge in [0.2, 0.25) is 0 Å². The third-order valence-corrected chi connectivity index (χ3v) is 3.37. The zero-order valence-electron chi connectivity index (χ0n) is 12.1. The summed E-state index contributed by atoms with van der Waals surface area (Å²) in [5.41, 5.74) is 4.68. The summed E-state index contributed by atoms with van der Waals surface area (Å²) in [5.74, 6) is -0.578. The molecule has 0 bridgehead atoms. The maximum Gasteiger partial charge on any atom is 0.127 e. The Hall–Kier alpha value is -2.53. The van der Waals surface area contributed by atoms with Crippen LogP contribution in [0.25, 0.3) is 0 Å². The Morgan fingerprint density at radius 1 is 1.27 bits per heavy atom. The van der Waals surface area contributed by atoms with Crippen LogP contribution < -0.4 is 15.3 Å². The van der Waals surface area contributed by atoms with Crippen LogP contribution in [0.3, 0.4) is 0 Å². The predicted molar refractivity (Wildman–Crippen MR) is 84.6 cm³/mol. The molecule has 2 aromatic carbocycles. The van der Waals surface area contributed by atoms with Crippen LogP contribution in [0.5, 0.6) is 5.75 Å². The van der Waals surface area contributed by atoms with Gasteiger partial charge in [-0.15, -0.1) is 0 Å². The van der Waals surface area contributed by atoms with E-state index in [-0.39, 0.29) is 5.56 Å². The van der Waals surface area contributed by atoms with Gasteiger partial charge >= 0.3 is 0 Å². The van der Waals surface area contributed by atoms with E-state index in [9.17, 15) is 9.90 Å². The molecule has 0 heterocycles. The zero-order chi connectivity index (χ0) is 16.1. The molecule has 0 aliphatic carbocycles. The number of rotatable bonds is 5. The number of benzene rings is 2. The number of para-hydroxylation sites is 1. The number of ether oxygens (including phenoxy) is 1. The first-order valence-corrected chi connectivity index (χ1v) is 6.85. The molecule has 0 radical (unpaired) electrons. The molecule has 22 heavy (non-hydrogen) atoms. The highest BCUT2D eigenvalue weighted by Gasteiger charge is 2.06. The minimum absolute atomic E-state index is 0.0250. The fourth-order valence-corrected chi connectivity index (χ4v) is 2.05. The SMILES string of the molecule is COc1ccccc1/C(C)=N\Nc1cc(C(=O)[O-])ccc1Cl. The van der Waals surface area contributed by atoms with Gasteiger partial charge in [-0.05, 0) is 36.8 Å². The summed E-state index contributed by atoms with van der Waals surface area (Å²) in [6, 6.07) is 11.7. The van der Waals surface area contributed by atoms with Crippen molar-refractivity contribution >= 4 is 29.0 Å². The fraction of sp³-hybridized carbons (Fsp3) is 0.125. The van der Waals surface area contributed by atoms with Gasteiger partial charge in [0.15, 0.2) is 0 Å². The van der Waals surface area contributed by atoms with Gasteiger partial charge < -0.3 is 14.6 Å². The molecule has 0 fully saturated rings. The summed E-state index contributed by atoms with van der Waals surface area (Å²) in [6.45, 7) is 1.81. The average Bonchev–Trinajstić information content (AvgIpc) is 2.53. The minimum atomic E-state index is -1.27. The van der Waals surface area contributed by atoms with E-state index in [0.717, 1.165) is 5.56 Å². The van der Waals surface area contributed by atoms with E-state index in [1.807, 2.05) is 24.3 Å². The standard InChI is InChI=1S/C16H15ClN2O3/c1-10(12-5-3-4-6-15(12)22-2)18-19-14-9-11(16(20)21)7-8-13(14)17/h3-9,19H,1-2H3,(H,20,21)/p-1/b18-10-. The third-order valence-electron chi connectivity index (χ3n) is 3.04. The Morgan fingerprint density at radius 2 is 2.00 bits per heavy atom. The van der Waals surface area contributed by atoms with Crippen LogP contribution in [-0.2, 0) is 0 Å². The number of anilines is 1. The maximum atomic E-state index is 10.9. The lowest BCUT2D eigenvalue weighted by Crippen LogP contribution is -2.22. The third kappa shape index (κ3) is 3.56. The number of halogens is 1. The molecule has 2 aromatic rings. The molecule has 0 aliphatic heterocycles. The van der Waals surface area contributed by atoms with Crippen molar-refractivity contribution in [1.82, 2.24) is 0 Å². The van der Waals surface area contributed by atoms with Crippen molar-refractivity contribution in [3.05, 3.63) is 58.6 Å². The van der Waals surface area contributed by atoms with E-state index in [2.05, 4.69) is 10.5 Å². The summed E-state index contributed by atoms with van der Waals surface area (Å²) in [4.78, 5) is 10.9. The molecule has 0 atom stereocenters. The number of aromatic carboxylic acids is 1. The van der Waals surface area contributed by atoms with Crippen LogP contribution >= 0.6 is 11.6 Å². The number of carboxylic acid groups (broad SMARTS) is 1. The largest absolute Gasteiger partial charge is 0.545 e. The lowest BCUT2D eigenvalue weighted by atomic mass is 10.1. The van der Waals surface area contributed by atoms with Crippen LogP contribution in [0.4, 0.5) is 5.69 Å². The second-order valence-corrected chi connectivity index (χ2v) is 4.90. The Bertz CT molecular complexity index is 729. The molecule has 114 valence electrons. The summed E-state index contributed by atoms with van der Waals surface area (Å²) < 4.78 is 5.27. The minimum Gasteiger partial charge on any atom is -0.545 e. The number of hydrazone groups is 1. The Balaban J connectivity index is 2.28. The molecule has 5 nitrogen and oxygen atoms in total. The highest BCUT2D eigenvalue weighted by Crippen LogP contribution is 2.24. The Morgan fingerprint density at radius 3 is 2.68 bits per heavy atom. The number of nitrogens with one attached hydrogen (secondary N) is 1. The van der Waals surface area contributed by atoms with Crippen molar-refractivity contribution in [1.29, 1.82) is 0 Å². The van der Waals surface area contributed by atoms with Crippen LogP contribution in [0.2, 0.25) is 5.02 Å². The molecule has 0 saturated carbocycles. The van der Waals surface area contributed by atoms with Crippen molar-refractivity contribution in [2.24, 2.45) is 5.10 Å². The number of hydrogen-bond acceptors (Lipinski definition) is 5. The first kappa shape index (κ1) is 15.9. The summed E-state index contributed by atoms with van der Waals surface area (Å²) in [5, 5.41) is 15.5. The summed E-state index contributed by atoms with van der Waals surface area (Å²) >= 11 is 6.02. The predicted octanol–water partition coefficient (Wildman–Crippen LogP) is 2.55. The van der Waals surface area contributed by atoms with Crippen LogP contribution in [0.1, 0.15) is 22.8 Å². The van der Waals surface area contributed by atoms with E-state index < -0.39 is 5.97 Å². The number of hydrogen-bond donors (Lipinski definition) is 1. The van der Waals surface area contributed by atoms with Gasteiger partial charge in [0, 0.05) is 5.56 Å².